The molecule has 0 aromatic carbocycles. The van der Waals surface area contributed by atoms with Gasteiger partial charge in [0.1, 0.15) is 0 Å². The molecule has 0 aliphatic heterocycles. The quantitative estimate of drug-likeness (QED) is 0.315. The van der Waals surface area contributed by atoms with Crippen molar-refractivity contribution in [3.05, 3.63) is 0 Å². The zero-order chi connectivity index (χ0) is 4.50. The molecule has 130 valence electrons. The monoisotopic (exact) mass is 354 g/mol. The third-order valence-electron chi connectivity index (χ3n) is 0. The Bertz CT molecular complexity index is 94.3. The van der Waals surface area contributed by atoms with E-state index in [2.05, 4.69) is 0 Å². The average molecular weight is 354 g/mol. The molecule has 0 saturated heterocycles. The van der Waals surface area contributed by atoms with Gasteiger partial charge in [0.05, 0.1) is 0 Å². The fourth-order valence-electron chi connectivity index (χ4n) is 0. The first kappa shape index (κ1) is 245. The van der Waals surface area contributed by atoms with Gasteiger partial charge in [-0.05, 0) is 0 Å². The van der Waals surface area contributed by atoms with Crippen molar-refractivity contribution in [1.82, 2.24) is 0 Å². The summed E-state index contributed by atoms with van der Waals surface area (Å²) in [7, 11) is -4.67. The van der Waals surface area contributed by atoms with Crippen molar-refractivity contribution in [3.63, 3.8) is 0 Å². The van der Waals surface area contributed by atoms with Crippen molar-refractivity contribution in [2.45, 2.75) is 0 Å². The van der Waals surface area contributed by atoms with Gasteiger partial charge >= 0.3 is 61.8 Å². The van der Waals surface area contributed by atoms with Crippen molar-refractivity contribution < 1.29 is 83.2 Å². The molecule has 0 heterocycles. The molecule has 0 saturated carbocycles. The number of hydrogen-bond acceptors (Lipinski definition) is 2. The van der Waals surface area contributed by atoms with Gasteiger partial charge in [-0.3, -0.25) is 9.11 Å². The van der Waals surface area contributed by atoms with Crippen LogP contribution in [-0.2, 0) is 10.4 Å². The van der Waals surface area contributed by atoms with Gasteiger partial charge in [0.2, 0.25) is 0 Å². The predicted molar refractivity (Wildman–Crippen MR) is 64.7 cm³/mol. The van der Waals surface area contributed by atoms with Crippen molar-refractivity contribution in [1.29, 1.82) is 0 Å². The SMILES string of the molecule is O.O.O.O.O.O.O.O.O.O.O.O.O=S(=O)(O)O.[KH]. The Hall–Kier alpha value is 1.03. The molecule has 0 aliphatic rings. The van der Waals surface area contributed by atoms with Crippen LogP contribution in [0.4, 0.5) is 0 Å². The summed E-state index contributed by atoms with van der Waals surface area (Å²) >= 11 is 0. The van der Waals surface area contributed by atoms with Gasteiger partial charge < -0.3 is 65.7 Å². The third kappa shape index (κ3) is 4150. The minimum absolute atomic E-state index is 0. The second-order valence-corrected chi connectivity index (χ2v) is 1.34. The molecule has 0 bridgehead atoms. The van der Waals surface area contributed by atoms with E-state index in [1.165, 1.54) is 0 Å². The predicted octanol–water partition coefficient (Wildman–Crippen LogP) is -11.2. The van der Waals surface area contributed by atoms with E-state index in [-0.39, 0.29) is 117 Å². The molecule has 0 aliphatic carbocycles. The van der Waals surface area contributed by atoms with E-state index in [0.717, 1.165) is 0 Å². The molecule has 0 amide bonds. The maximum atomic E-state index is 8.74. The summed E-state index contributed by atoms with van der Waals surface area (Å²) in [5.74, 6) is 0. The van der Waals surface area contributed by atoms with Gasteiger partial charge in [-0.25, -0.2) is 0 Å². The molecule has 0 aromatic heterocycles. The summed E-state index contributed by atoms with van der Waals surface area (Å²) in [4.78, 5) is 0. The van der Waals surface area contributed by atoms with Crippen LogP contribution in [0.2, 0.25) is 0 Å². The molecule has 0 atom stereocenters. The van der Waals surface area contributed by atoms with E-state index in [1.807, 2.05) is 0 Å². The van der Waals surface area contributed by atoms with Crippen LogP contribution in [-0.4, -0.2) is 135 Å². The molecule has 18 heteroatoms. The Morgan fingerprint density at radius 1 is 0.444 bits per heavy atom. The van der Waals surface area contributed by atoms with Crippen LogP contribution in [0, 0.1) is 0 Å². The Kier molecular flexibility index (Phi) is 1440. The van der Waals surface area contributed by atoms with Gasteiger partial charge in [0, 0.05) is 0 Å². The van der Waals surface area contributed by atoms with E-state index in [0.29, 0.717) is 0 Å². The summed E-state index contributed by atoms with van der Waals surface area (Å²) in [5.41, 5.74) is 0. The first-order valence-corrected chi connectivity index (χ1v) is 2.10. The molecule has 0 unspecified atom stereocenters. The minimum atomic E-state index is -4.67. The normalized spacial score (nSPS) is 3.22. The van der Waals surface area contributed by atoms with Crippen LogP contribution in [0.5, 0.6) is 0 Å². The number of hydrogen-bond donors (Lipinski definition) is 2. The Morgan fingerprint density at radius 3 is 0.444 bits per heavy atom. The third-order valence-corrected chi connectivity index (χ3v) is 0. The van der Waals surface area contributed by atoms with Crippen molar-refractivity contribution in [2.24, 2.45) is 0 Å². The zero-order valence-electron chi connectivity index (χ0n) is 8.12. The van der Waals surface area contributed by atoms with Crippen LogP contribution in [0.15, 0.2) is 0 Å². The standard InChI is InChI=1S/K.H2O4S.12H2O.H/c;1-5(2,3)4;;;;;;;;;;;;;/h;(H2,1,2,3,4);12*1H2;. The van der Waals surface area contributed by atoms with Crippen LogP contribution >= 0.6 is 0 Å². The topological polar surface area (TPSA) is 453 Å². The van der Waals surface area contributed by atoms with Gasteiger partial charge in [-0.15, -0.1) is 0 Å². The molecule has 0 spiro atoms. The van der Waals surface area contributed by atoms with Gasteiger partial charge in [-0.2, -0.15) is 8.42 Å². The fourth-order valence-corrected chi connectivity index (χ4v) is 0. The fraction of sp³-hybridized carbons (Fsp3) is 0. The summed E-state index contributed by atoms with van der Waals surface area (Å²) in [5, 5.41) is 0. The van der Waals surface area contributed by atoms with Crippen molar-refractivity contribution >= 4 is 61.8 Å². The molecular formula is H27KO16S. The summed E-state index contributed by atoms with van der Waals surface area (Å²) in [6.07, 6.45) is 0. The molecule has 0 fully saturated rings. The van der Waals surface area contributed by atoms with E-state index in [4.69, 9.17) is 17.5 Å². The Labute approximate surface area is 144 Å². The van der Waals surface area contributed by atoms with Gasteiger partial charge in [-0.1, -0.05) is 0 Å². The Balaban J connectivity index is -0.00000000103. The van der Waals surface area contributed by atoms with Crippen molar-refractivity contribution in [2.75, 3.05) is 0 Å². The first-order chi connectivity index (χ1) is 2.00. The van der Waals surface area contributed by atoms with Crippen molar-refractivity contribution in [3.8, 4) is 0 Å². The zero-order valence-corrected chi connectivity index (χ0v) is 8.94. The molecule has 26 N–H and O–H groups in total. The van der Waals surface area contributed by atoms with Crippen LogP contribution in [0.25, 0.3) is 0 Å². The second-order valence-electron chi connectivity index (χ2n) is 0.448. The van der Waals surface area contributed by atoms with Crippen LogP contribution in [0.3, 0.4) is 0 Å². The van der Waals surface area contributed by atoms with Crippen LogP contribution in [0.1, 0.15) is 0 Å². The molecule has 16 nitrogen and oxygen atoms in total. The molecule has 0 radical (unpaired) electrons. The van der Waals surface area contributed by atoms with E-state index < -0.39 is 10.4 Å². The van der Waals surface area contributed by atoms with E-state index in [1.54, 1.807) is 0 Å². The summed E-state index contributed by atoms with van der Waals surface area (Å²) in [6.45, 7) is 0. The number of rotatable bonds is 0. The average Bonchev–Trinajstić information content (AvgIpc) is 0.722. The Morgan fingerprint density at radius 2 is 0.444 bits per heavy atom. The first-order valence-electron chi connectivity index (χ1n) is 0.698. The van der Waals surface area contributed by atoms with Crippen LogP contribution < -0.4 is 0 Å². The molecular weight excluding hydrogens is 327 g/mol. The summed E-state index contributed by atoms with van der Waals surface area (Å²) in [6, 6.07) is 0. The van der Waals surface area contributed by atoms with Gasteiger partial charge in [0.15, 0.2) is 0 Å². The summed E-state index contributed by atoms with van der Waals surface area (Å²) < 4.78 is 31.6. The van der Waals surface area contributed by atoms with Gasteiger partial charge in [0.25, 0.3) is 0 Å². The molecule has 0 aromatic rings. The second kappa shape index (κ2) is 106. The van der Waals surface area contributed by atoms with E-state index >= 15 is 0 Å². The maximum absolute atomic E-state index is 8.74. The molecule has 18 heavy (non-hydrogen) atoms. The molecule has 0 rings (SSSR count). The van der Waals surface area contributed by atoms with E-state index in [9.17, 15) is 0 Å².